The summed E-state index contributed by atoms with van der Waals surface area (Å²) in [6, 6.07) is 10.1. The van der Waals surface area contributed by atoms with Crippen LogP contribution in [0.1, 0.15) is 70.3 Å². The van der Waals surface area contributed by atoms with Gasteiger partial charge in [-0.15, -0.1) is 0 Å². The molecule has 0 saturated carbocycles. The standard InChI is InChI=1S/C22H35NO3/c1-2-3-4-5-6-7-8-9-13-16-23-17-21(26-22(23)24)19-25-18-20-14-11-10-12-15-20/h10-12,14-15,21H,2-9,13,16-19H2,1H3. The van der Waals surface area contributed by atoms with E-state index in [4.69, 9.17) is 9.47 Å². The summed E-state index contributed by atoms with van der Waals surface area (Å²) in [6.45, 7) is 4.75. The van der Waals surface area contributed by atoms with Crippen molar-refractivity contribution in [2.45, 2.75) is 77.4 Å². The van der Waals surface area contributed by atoms with Gasteiger partial charge >= 0.3 is 6.09 Å². The van der Waals surface area contributed by atoms with E-state index >= 15 is 0 Å². The first kappa shape index (κ1) is 20.8. The highest BCUT2D eigenvalue weighted by molar-refractivity contribution is 5.69. The Labute approximate surface area is 158 Å². The van der Waals surface area contributed by atoms with Crippen LogP contribution in [0.4, 0.5) is 4.79 Å². The van der Waals surface area contributed by atoms with Crippen molar-refractivity contribution < 1.29 is 14.3 Å². The van der Waals surface area contributed by atoms with Crippen LogP contribution in [-0.2, 0) is 16.1 Å². The van der Waals surface area contributed by atoms with Crippen LogP contribution in [0.2, 0.25) is 0 Å². The van der Waals surface area contributed by atoms with Gasteiger partial charge in [-0.25, -0.2) is 4.79 Å². The summed E-state index contributed by atoms with van der Waals surface area (Å²) in [4.78, 5) is 13.8. The third kappa shape index (κ3) is 8.22. The molecule has 2 rings (SSSR count). The maximum Gasteiger partial charge on any atom is 0.410 e. The van der Waals surface area contributed by atoms with E-state index in [0.29, 0.717) is 19.8 Å². The van der Waals surface area contributed by atoms with Crippen LogP contribution in [0.25, 0.3) is 0 Å². The van der Waals surface area contributed by atoms with E-state index in [1.165, 1.54) is 51.4 Å². The Kier molecular flexibility index (Phi) is 10.2. The molecular formula is C22H35NO3. The Morgan fingerprint density at radius 3 is 2.35 bits per heavy atom. The Hall–Kier alpha value is -1.55. The minimum absolute atomic E-state index is 0.134. The molecule has 26 heavy (non-hydrogen) atoms. The smallest absolute Gasteiger partial charge is 0.410 e. The van der Waals surface area contributed by atoms with Crippen molar-refractivity contribution in [2.24, 2.45) is 0 Å². The highest BCUT2D eigenvalue weighted by Gasteiger charge is 2.30. The van der Waals surface area contributed by atoms with Crippen molar-refractivity contribution >= 4 is 6.09 Å². The molecular weight excluding hydrogens is 326 g/mol. The number of hydrogen-bond acceptors (Lipinski definition) is 3. The molecule has 0 aromatic heterocycles. The lowest BCUT2D eigenvalue weighted by Gasteiger charge is -2.12. The molecule has 1 atom stereocenters. The molecule has 1 aromatic rings. The molecule has 1 fully saturated rings. The van der Waals surface area contributed by atoms with Crippen LogP contribution >= 0.6 is 0 Å². The fourth-order valence-electron chi connectivity index (χ4n) is 3.34. The highest BCUT2D eigenvalue weighted by atomic mass is 16.6. The van der Waals surface area contributed by atoms with Gasteiger partial charge in [0, 0.05) is 6.54 Å². The molecule has 1 saturated heterocycles. The second-order valence-corrected chi connectivity index (χ2v) is 7.28. The van der Waals surface area contributed by atoms with Gasteiger partial charge < -0.3 is 14.4 Å². The van der Waals surface area contributed by atoms with E-state index in [9.17, 15) is 4.79 Å². The van der Waals surface area contributed by atoms with Gasteiger partial charge in [0.25, 0.3) is 0 Å². The van der Waals surface area contributed by atoms with Gasteiger partial charge in [0.15, 0.2) is 0 Å². The number of carbonyl (C=O) groups excluding carboxylic acids is 1. The summed E-state index contributed by atoms with van der Waals surface area (Å²) in [5.74, 6) is 0. The van der Waals surface area contributed by atoms with Crippen molar-refractivity contribution in [2.75, 3.05) is 19.7 Å². The minimum Gasteiger partial charge on any atom is -0.442 e. The van der Waals surface area contributed by atoms with Crippen LogP contribution in [-0.4, -0.2) is 36.8 Å². The number of cyclic esters (lactones) is 1. The van der Waals surface area contributed by atoms with E-state index < -0.39 is 0 Å². The van der Waals surface area contributed by atoms with Crippen molar-refractivity contribution in [1.29, 1.82) is 0 Å². The number of benzene rings is 1. The number of unbranched alkanes of at least 4 members (excludes halogenated alkanes) is 8. The van der Waals surface area contributed by atoms with Crippen LogP contribution < -0.4 is 0 Å². The lowest BCUT2D eigenvalue weighted by molar-refractivity contribution is 0.0381. The molecule has 0 aliphatic carbocycles. The van der Waals surface area contributed by atoms with Crippen LogP contribution in [0.15, 0.2) is 30.3 Å². The van der Waals surface area contributed by atoms with E-state index in [0.717, 1.165) is 18.5 Å². The van der Waals surface area contributed by atoms with Gasteiger partial charge in [0.1, 0.15) is 6.10 Å². The lowest BCUT2D eigenvalue weighted by Crippen LogP contribution is -2.27. The quantitative estimate of drug-likeness (QED) is 0.408. The number of rotatable bonds is 14. The second kappa shape index (κ2) is 12.7. The molecule has 0 bridgehead atoms. The van der Waals surface area contributed by atoms with Gasteiger partial charge in [-0.3, -0.25) is 0 Å². The van der Waals surface area contributed by atoms with Gasteiger partial charge in [-0.1, -0.05) is 88.6 Å². The third-order valence-corrected chi connectivity index (χ3v) is 4.90. The van der Waals surface area contributed by atoms with E-state index in [-0.39, 0.29) is 12.2 Å². The fourth-order valence-corrected chi connectivity index (χ4v) is 3.34. The van der Waals surface area contributed by atoms with Crippen molar-refractivity contribution in [3.63, 3.8) is 0 Å². The monoisotopic (exact) mass is 361 g/mol. The molecule has 1 heterocycles. The second-order valence-electron chi connectivity index (χ2n) is 7.28. The average molecular weight is 362 g/mol. The minimum atomic E-state index is -0.183. The fraction of sp³-hybridized carbons (Fsp3) is 0.682. The van der Waals surface area contributed by atoms with Gasteiger partial charge in [0.2, 0.25) is 0 Å². The summed E-state index contributed by atoms with van der Waals surface area (Å²) < 4.78 is 11.1. The largest absolute Gasteiger partial charge is 0.442 e. The number of nitrogens with zero attached hydrogens (tertiary/aromatic N) is 1. The molecule has 0 N–H and O–H groups in total. The SMILES string of the molecule is CCCCCCCCCCCN1CC(COCc2ccccc2)OC1=O. The van der Waals surface area contributed by atoms with Crippen LogP contribution in [0.5, 0.6) is 0 Å². The van der Waals surface area contributed by atoms with E-state index in [2.05, 4.69) is 6.92 Å². The molecule has 1 unspecified atom stereocenters. The predicted molar refractivity (Wildman–Crippen MR) is 105 cm³/mol. The zero-order chi connectivity index (χ0) is 18.5. The van der Waals surface area contributed by atoms with Crippen LogP contribution in [0, 0.1) is 0 Å². The maximum absolute atomic E-state index is 11.9. The molecule has 0 spiro atoms. The topological polar surface area (TPSA) is 38.8 Å². The zero-order valence-electron chi connectivity index (χ0n) is 16.3. The van der Waals surface area contributed by atoms with Gasteiger partial charge in [-0.2, -0.15) is 0 Å². The number of ether oxygens (including phenoxy) is 2. The summed E-state index contributed by atoms with van der Waals surface area (Å²) >= 11 is 0. The van der Waals surface area contributed by atoms with Crippen molar-refractivity contribution in [3.8, 4) is 0 Å². The molecule has 1 aromatic carbocycles. The van der Waals surface area contributed by atoms with E-state index in [1.807, 2.05) is 35.2 Å². The zero-order valence-corrected chi connectivity index (χ0v) is 16.3. The molecule has 4 heteroatoms. The number of carbonyl (C=O) groups is 1. The maximum atomic E-state index is 11.9. The summed E-state index contributed by atoms with van der Waals surface area (Å²) in [7, 11) is 0. The first-order valence-corrected chi connectivity index (χ1v) is 10.4. The highest BCUT2D eigenvalue weighted by Crippen LogP contribution is 2.15. The van der Waals surface area contributed by atoms with Crippen LogP contribution in [0.3, 0.4) is 0 Å². The van der Waals surface area contributed by atoms with Gasteiger partial charge in [0.05, 0.1) is 19.8 Å². The molecule has 1 amide bonds. The molecule has 1 aliphatic rings. The van der Waals surface area contributed by atoms with Gasteiger partial charge in [-0.05, 0) is 12.0 Å². The Balaban J connectivity index is 1.48. The predicted octanol–water partition coefficient (Wildman–Crippen LogP) is 5.55. The summed E-state index contributed by atoms with van der Waals surface area (Å²) in [5, 5.41) is 0. The number of amides is 1. The summed E-state index contributed by atoms with van der Waals surface area (Å²) in [5.41, 5.74) is 1.14. The molecule has 1 aliphatic heterocycles. The Bertz CT molecular complexity index is 491. The third-order valence-electron chi connectivity index (χ3n) is 4.90. The normalized spacial score (nSPS) is 16.9. The molecule has 146 valence electrons. The molecule has 0 radical (unpaired) electrons. The number of hydrogen-bond donors (Lipinski definition) is 0. The average Bonchev–Trinajstić information content (AvgIpc) is 3.01. The first-order chi connectivity index (χ1) is 12.8. The lowest BCUT2D eigenvalue weighted by atomic mass is 10.1. The Morgan fingerprint density at radius 2 is 1.65 bits per heavy atom. The summed E-state index contributed by atoms with van der Waals surface area (Å²) in [6.07, 6.45) is 11.3. The Morgan fingerprint density at radius 1 is 1.00 bits per heavy atom. The molecule has 4 nitrogen and oxygen atoms in total. The van der Waals surface area contributed by atoms with Crippen molar-refractivity contribution in [3.05, 3.63) is 35.9 Å². The van der Waals surface area contributed by atoms with E-state index in [1.54, 1.807) is 0 Å². The first-order valence-electron chi connectivity index (χ1n) is 10.4. The van der Waals surface area contributed by atoms with Crippen molar-refractivity contribution in [1.82, 2.24) is 4.90 Å².